The van der Waals surface area contributed by atoms with E-state index >= 15 is 0 Å². The molecule has 9 heteroatoms. The minimum Gasteiger partial charge on any atom is -0.443 e. The van der Waals surface area contributed by atoms with Gasteiger partial charge >= 0.3 is 0 Å². The topological polar surface area (TPSA) is 85.6 Å². The number of hydrogen-bond donors (Lipinski definition) is 1. The number of rotatable bonds is 3. The smallest absolute Gasteiger partial charge is 0.287 e. The third-order valence-corrected chi connectivity index (χ3v) is 5.28. The van der Waals surface area contributed by atoms with Crippen molar-refractivity contribution in [3.63, 3.8) is 0 Å². The minimum absolute atomic E-state index is 0.0313. The third-order valence-electron chi connectivity index (χ3n) is 3.10. The Morgan fingerprint density at radius 2 is 2.25 bits per heavy atom. The highest BCUT2D eigenvalue weighted by Gasteiger charge is 2.27. The largest absolute Gasteiger partial charge is 0.443 e. The molecule has 2 atom stereocenters. The van der Waals surface area contributed by atoms with Crippen LogP contribution in [0.1, 0.15) is 23.9 Å². The molecular weight excluding hydrogens is 374 g/mol. The lowest BCUT2D eigenvalue weighted by atomic mass is 9.98. The van der Waals surface area contributed by atoms with Gasteiger partial charge in [0.2, 0.25) is 0 Å². The van der Waals surface area contributed by atoms with Gasteiger partial charge in [0.25, 0.3) is 15.0 Å². The summed E-state index contributed by atoms with van der Waals surface area (Å²) in [5.41, 5.74) is 0. The molecule has 1 amide bonds. The van der Waals surface area contributed by atoms with E-state index in [9.17, 15) is 13.2 Å². The predicted octanol–water partition coefficient (Wildman–Crippen LogP) is 2.12. The molecule has 0 aromatic carbocycles. The van der Waals surface area contributed by atoms with Gasteiger partial charge in [-0.05, 0) is 28.3 Å². The molecule has 6 nitrogen and oxygen atoms in total. The van der Waals surface area contributed by atoms with Crippen LogP contribution in [0.3, 0.4) is 0 Å². The van der Waals surface area contributed by atoms with Crippen LogP contribution in [0.15, 0.2) is 20.0 Å². The van der Waals surface area contributed by atoms with E-state index in [1.807, 2.05) is 6.92 Å². The van der Waals surface area contributed by atoms with E-state index in [1.54, 1.807) is 0 Å². The summed E-state index contributed by atoms with van der Waals surface area (Å²) >= 11 is 2.93. The fourth-order valence-electron chi connectivity index (χ4n) is 1.96. The molecule has 1 aromatic rings. The van der Waals surface area contributed by atoms with Crippen molar-refractivity contribution in [3.8, 4) is 0 Å². The first kappa shape index (κ1) is 15.8. The summed E-state index contributed by atoms with van der Waals surface area (Å²) in [4.78, 5) is 11.8. The number of nitrogens with one attached hydrogen (secondary N) is 1. The lowest BCUT2D eigenvalue weighted by Crippen LogP contribution is -2.44. The van der Waals surface area contributed by atoms with Gasteiger partial charge in [0.1, 0.15) is 4.90 Å². The zero-order valence-electron chi connectivity index (χ0n) is 10.6. The van der Waals surface area contributed by atoms with E-state index < -0.39 is 15.0 Å². The molecule has 20 heavy (non-hydrogen) atoms. The van der Waals surface area contributed by atoms with Crippen molar-refractivity contribution in [2.45, 2.75) is 24.3 Å². The van der Waals surface area contributed by atoms with Crippen LogP contribution in [0.25, 0.3) is 0 Å². The predicted molar refractivity (Wildman–Crippen MR) is 75.3 cm³/mol. The van der Waals surface area contributed by atoms with E-state index in [2.05, 4.69) is 21.2 Å². The van der Waals surface area contributed by atoms with Gasteiger partial charge in [-0.2, -0.15) is 0 Å². The molecule has 2 unspecified atom stereocenters. The Kier molecular flexibility index (Phi) is 4.78. The quantitative estimate of drug-likeness (QED) is 0.804. The Morgan fingerprint density at radius 3 is 2.80 bits per heavy atom. The summed E-state index contributed by atoms with van der Waals surface area (Å²) in [5, 5.41) is 2.81. The van der Waals surface area contributed by atoms with Gasteiger partial charge in [0.15, 0.2) is 10.4 Å². The first-order valence-electron chi connectivity index (χ1n) is 5.91. The first-order valence-corrected chi connectivity index (χ1v) is 9.02. The van der Waals surface area contributed by atoms with Crippen molar-refractivity contribution >= 4 is 41.6 Å². The molecule has 1 fully saturated rings. The van der Waals surface area contributed by atoms with Crippen molar-refractivity contribution in [1.82, 2.24) is 5.32 Å². The monoisotopic (exact) mass is 385 g/mol. The lowest BCUT2D eigenvalue weighted by Gasteiger charge is -2.29. The number of carbonyl (C=O) groups excluding carboxylic acids is 1. The Morgan fingerprint density at radius 1 is 1.55 bits per heavy atom. The highest BCUT2D eigenvalue weighted by Crippen LogP contribution is 2.29. The maximum Gasteiger partial charge on any atom is 0.287 e. The van der Waals surface area contributed by atoms with Crippen LogP contribution in [0.5, 0.6) is 0 Å². The van der Waals surface area contributed by atoms with Crippen LogP contribution in [0.4, 0.5) is 0 Å². The van der Waals surface area contributed by atoms with E-state index in [0.717, 1.165) is 6.07 Å². The van der Waals surface area contributed by atoms with Gasteiger partial charge in [0, 0.05) is 29.4 Å². The summed E-state index contributed by atoms with van der Waals surface area (Å²) in [6.45, 7) is 3.13. The fourth-order valence-corrected chi connectivity index (χ4v) is 4.00. The SMILES string of the molecule is CC1COCCC1NC(=O)c1cc(S(=O)(=O)Cl)c(Br)o1. The van der Waals surface area contributed by atoms with Crippen molar-refractivity contribution in [2.75, 3.05) is 13.2 Å². The lowest BCUT2D eigenvalue weighted by molar-refractivity contribution is 0.0369. The van der Waals surface area contributed by atoms with Gasteiger partial charge in [0.05, 0.1) is 6.61 Å². The Labute approximate surface area is 129 Å². The molecular formula is C11H13BrClNO5S. The molecule has 1 aliphatic heterocycles. The molecule has 1 aromatic heterocycles. The number of halogens is 2. The Balaban J connectivity index is 2.14. The van der Waals surface area contributed by atoms with Crippen molar-refractivity contribution in [3.05, 3.63) is 16.5 Å². The van der Waals surface area contributed by atoms with E-state index in [0.29, 0.717) is 19.6 Å². The van der Waals surface area contributed by atoms with Crippen LogP contribution in [-0.2, 0) is 13.8 Å². The molecule has 0 bridgehead atoms. The first-order chi connectivity index (χ1) is 9.29. The molecule has 0 radical (unpaired) electrons. The second kappa shape index (κ2) is 6.05. The van der Waals surface area contributed by atoms with E-state index in [4.69, 9.17) is 19.8 Å². The zero-order valence-corrected chi connectivity index (χ0v) is 13.7. The second-order valence-corrected chi connectivity index (χ2v) is 7.86. The summed E-state index contributed by atoms with van der Waals surface area (Å²) in [6, 6.07) is 1.07. The molecule has 0 saturated carbocycles. The van der Waals surface area contributed by atoms with Crippen molar-refractivity contribution in [1.29, 1.82) is 0 Å². The fraction of sp³-hybridized carbons (Fsp3) is 0.545. The standard InChI is InChI=1S/C11H13BrClNO5S/c1-6-5-18-3-2-7(6)14-11(15)8-4-9(10(12)19-8)20(13,16)17/h4,6-7H,2-3,5H2,1H3,(H,14,15). The number of hydrogen-bond acceptors (Lipinski definition) is 5. The van der Waals surface area contributed by atoms with Crippen LogP contribution >= 0.6 is 26.6 Å². The summed E-state index contributed by atoms with van der Waals surface area (Å²) in [6.07, 6.45) is 0.704. The van der Waals surface area contributed by atoms with Crippen LogP contribution in [0.2, 0.25) is 0 Å². The van der Waals surface area contributed by atoms with Crippen LogP contribution in [-0.4, -0.2) is 33.6 Å². The van der Waals surface area contributed by atoms with Crippen LogP contribution < -0.4 is 5.32 Å². The Hall–Kier alpha value is -0.570. The van der Waals surface area contributed by atoms with E-state index in [-0.39, 0.29) is 27.3 Å². The van der Waals surface area contributed by atoms with Crippen LogP contribution in [0, 0.1) is 5.92 Å². The molecule has 0 aliphatic carbocycles. The molecule has 0 spiro atoms. The third kappa shape index (κ3) is 3.55. The number of ether oxygens (including phenoxy) is 1. The highest BCUT2D eigenvalue weighted by molar-refractivity contribution is 9.10. The zero-order chi connectivity index (χ0) is 14.9. The van der Waals surface area contributed by atoms with Gasteiger partial charge in [-0.1, -0.05) is 6.92 Å². The normalized spacial score (nSPS) is 23.6. The maximum atomic E-state index is 12.0. The van der Waals surface area contributed by atoms with Crippen molar-refractivity contribution in [2.24, 2.45) is 5.92 Å². The van der Waals surface area contributed by atoms with E-state index in [1.165, 1.54) is 0 Å². The second-order valence-electron chi connectivity index (χ2n) is 4.61. The summed E-state index contributed by atoms with van der Waals surface area (Å²) in [5.74, 6) is -0.395. The average molecular weight is 387 g/mol. The summed E-state index contributed by atoms with van der Waals surface area (Å²) in [7, 11) is 1.27. The molecule has 1 N–H and O–H groups in total. The Bertz CT molecular complexity index is 614. The summed E-state index contributed by atoms with van der Waals surface area (Å²) < 4.78 is 32.8. The van der Waals surface area contributed by atoms with Gasteiger partial charge in [-0.3, -0.25) is 4.79 Å². The minimum atomic E-state index is -3.96. The number of furan rings is 1. The average Bonchev–Trinajstić information content (AvgIpc) is 2.74. The van der Waals surface area contributed by atoms with Gasteiger partial charge in [-0.15, -0.1) is 0 Å². The van der Waals surface area contributed by atoms with Gasteiger partial charge in [-0.25, -0.2) is 8.42 Å². The molecule has 1 saturated heterocycles. The molecule has 2 heterocycles. The highest BCUT2D eigenvalue weighted by atomic mass is 79.9. The molecule has 112 valence electrons. The molecule has 1 aliphatic rings. The maximum absolute atomic E-state index is 12.0. The molecule has 2 rings (SSSR count). The van der Waals surface area contributed by atoms with Gasteiger partial charge < -0.3 is 14.5 Å². The number of carbonyl (C=O) groups is 1. The van der Waals surface area contributed by atoms with Crippen molar-refractivity contribution < 1.29 is 22.4 Å². The number of amides is 1.